The van der Waals surface area contributed by atoms with Gasteiger partial charge >= 0.3 is 0 Å². The molecule has 0 aromatic heterocycles. The Labute approximate surface area is 257 Å². The molecule has 1 aliphatic carbocycles. The van der Waals surface area contributed by atoms with Crippen molar-refractivity contribution in [2.45, 2.75) is 25.7 Å². The SMILES string of the molecule is COCOc1c2cc(C#N)cc1Cc1cccc(c1OC)Cc1cc(C#N)cc(c1OCOC)Cc1cccc(c1OC)C2. The van der Waals surface area contributed by atoms with Crippen molar-refractivity contribution in [3.05, 3.63) is 116 Å². The van der Waals surface area contributed by atoms with E-state index in [4.69, 9.17) is 28.4 Å². The van der Waals surface area contributed by atoms with Crippen molar-refractivity contribution in [3.63, 3.8) is 0 Å². The second kappa shape index (κ2) is 14.0. The van der Waals surface area contributed by atoms with Crippen LogP contribution in [0.4, 0.5) is 0 Å². The summed E-state index contributed by atoms with van der Waals surface area (Å²) in [7, 11) is 6.46. The quantitative estimate of drug-likeness (QED) is 0.200. The van der Waals surface area contributed by atoms with Gasteiger partial charge in [-0.15, -0.1) is 0 Å². The number of rotatable bonds is 8. The van der Waals surface area contributed by atoms with Gasteiger partial charge in [0.2, 0.25) is 0 Å². The fourth-order valence-electron chi connectivity index (χ4n) is 5.95. The molecule has 0 heterocycles. The Kier molecular flexibility index (Phi) is 9.66. The molecule has 0 atom stereocenters. The van der Waals surface area contributed by atoms with E-state index in [1.54, 1.807) is 28.4 Å². The van der Waals surface area contributed by atoms with Gasteiger partial charge in [-0.05, 0) is 46.5 Å². The lowest BCUT2D eigenvalue weighted by atomic mass is 9.90. The van der Waals surface area contributed by atoms with E-state index in [0.717, 1.165) is 56.0 Å². The summed E-state index contributed by atoms with van der Waals surface area (Å²) < 4.78 is 35.0. The molecular weight excluding hydrogens is 556 g/mol. The van der Waals surface area contributed by atoms with Crippen molar-refractivity contribution in [3.8, 4) is 35.1 Å². The molecule has 0 unspecified atom stereocenters. The van der Waals surface area contributed by atoms with Crippen LogP contribution in [0.3, 0.4) is 0 Å². The molecule has 8 nitrogen and oxygen atoms in total. The highest BCUT2D eigenvalue weighted by Gasteiger charge is 2.22. The zero-order valence-electron chi connectivity index (χ0n) is 25.4. The number of hydrogen-bond donors (Lipinski definition) is 0. The highest BCUT2D eigenvalue weighted by Crippen LogP contribution is 2.39. The fourth-order valence-corrected chi connectivity index (χ4v) is 5.95. The maximum atomic E-state index is 9.99. The van der Waals surface area contributed by atoms with E-state index in [9.17, 15) is 10.5 Å². The van der Waals surface area contributed by atoms with Crippen LogP contribution < -0.4 is 18.9 Å². The Bertz CT molecular complexity index is 1530. The number of ether oxygens (including phenoxy) is 6. The first-order valence-electron chi connectivity index (χ1n) is 14.2. The summed E-state index contributed by atoms with van der Waals surface area (Å²) in [6.45, 7) is 0.112. The minimum atomic E-state index is 0.0559. The van der Waals surface area contributed by atoms with Crippen LogP contribution in [0, 0.1) is 22.7 Å². The van der Waals surface area contributed by atoms with Crippen LogP contribution in [-0.4, -0.2) is 42.0 Å². The number of methoxy groups -OCH3 is 4. The molecule has 0 amide bonds. The van der Waals surface area contributed by atoms with Crippen LogP contribution in [0.15, 0.2) is 60.7 Å². The predicted molar refractivity (Wildman–Crippen MR) is 165 cm³/mol. The van der Waals surface area contributed by atoms with E-state index in [1.807, 2.05) is 60.7 Å². The molecule has 0 saturated carbocycles. The molecule has 0 saturated heterocycles. The molecule has 0 fully saturated rings. The molecule has 0 aliphatic heterocycles. The first-order valence-corrected chi connectivity index (χ1v) is 14.2. The van der Waals surface area contributed by atoms with Crippen molar-refractivity contribution in [1.29, 1.82) is 10.5 Å². The van der Waals surface area contributed by atoms with E-state index >= 15 is 0 Å². The molecule has 5 rings (SSSR count). The minimum Gasteiger partial charge on any atom is -0.496 e. The molecule has 8 bridgehead atoms. The summed E-state index contributed by atoms with van der Waals surface area (Å²) in [4.78, 5) is 0. The fraction of sp³-hybridized carbons (Fsp3) is 0.278. The van der Waals surface area contributed by atoms with Gasteiger partial charge in [-0.1, -0.05) is 36.4 Å². The second-order valence-electron chi connectivity index (χ2n) is 10.5. The van der Waals surface area contributed by atoms with E-state index in [2.05, 4.69) is 12.1 Å². The Morgan fingerprint density at radius 1 is 0.500 bits per heavy atom. The Morgan fingerprint density at radius 2 is 0.818 bits per heavy atom. The van der Waals surface area contributed by atoms with Gasteiger partial charge in [-0.25, -0.2) is 0 Å². The third kappa shape index (κ3) is 6.33. The topological polar surface area (TPSA) is 103 Å². The van der Waals surface area contributed by atoms with Gasteiger partial charge in [0, 0.05) is 62.2 Å². The average molecular weight is 591 g/mol. The molecule has 4 aromatic carbocycles. The van der Waals surface area contributed by atoms with Crippen LogP contribution >= 0.6 is 0 Å². The highest BCUT2D eigenvalue weighted by molar-refractivity contribution is 5.58. The number of nitriles is 2. The number of nitrogens with zero attached hydrogens (tertiary/aromatic N) is 2. The lowest BCUT2D eigenvalue weighted by Crippen LogP contribution is -2.10. The van der Waals surface area contributed by atoms with Gasteiger partial charge in [0.1, 0.15) is 23.0 Å². The predicted octanol–water partition coefficient (Wildman–Crippen LogP) is 6.09. The average Bonchev–Trinajstić information content (AvgIpc) is 3.03. The Balaban J connectivity index is 1.81. The molecule has 224 valence electrons. The van der Waals surface area contributed by atoms with Gasteiger partial charge < -0.3 is 28.4 Å². The van der Waals surface area contributed by atoms with Crippen molar-refractivity contribution < 1.29 is 28.4 Å². The normalized spacial score (nSPS) is 12.0. The number of benzene rings is 4. The third-order valence-electron chi connectivity index (χ3n) is 7.67. The molecule has 0 N–H and O–H groups in total. The van der Waals surface area contributed by atoms with E-state index in [0.29, 0.717) is 48.3 Å². The second-order valence-corrected chi connectivity index (χ2v) is 10.5. The van der Waals surface area contributed by atoms with Gasteiger partial charge in [-0.3, -0.25) is 0 Å². The zero-order valence-corrected chi connectivity index (χ0v) is 25.4. The van der Waals surface area contributed by atoms with Gasteiger partial charge in [0.15, 0.2) is 13.6 Å². The molecule has 1 aliphatic rings. The molecule has 8 heteroatoms. The minimum absolute atomic E-state index is 0.0559. The monoisotopic (exact) mass is 590 g/mol. The Morgan fingerprint density at radius 3 is 1.07 bits per heavy atom. The maximum Gasteiger partial charge on any atom is 0.188 e. The number of para-hydroxylation sites is 2. The van der Waals surface area contributed by atoms with E-state index in [1.165, 1.54) is 0 Å². The lowest BCUT2D eigenvalue weighted by Gasteiger charge is -2.22. The number of hydrogen-bond acceptors (Lipinski definition) is 8. The third-order valence-corrected chi connectivity index (χ3v) is 7.67. The first-order chi connectivity index (χ1) is 21.5. The maximum absolute atomic E-state index is 9.99. The van der Waals surface area contributed by atoms with Gasteiger partial charge in [0.05, 0.1) is 37.5 Å². The standard InChI is InChI=1S/C36H34N2O6/c1-39-21-43-35-29-11-23(19-37)12-30(35)16-26-8-6-10-28(34(26)42-4)18-32-14-24(20-38)13-31(36(32)44-22-40-2)17-27-9-5-7-25(15-29)33(27)41-3/h5-14H,15-18,21-22H2,1-4H3. The molecule has 44 heavy (non-hydrogen) atoms. The Hall–Kier alpha value is -5.02. The largest absolute Gasteiger partial charge is 0.496 e. The van der Waals surface area contributed by atoms with Gasteiger partial charge in [0.25, 0.3) is 0 Å². The molecule has 4 aromatic rings. The summed E-state index contributed by atoms with van der Waals surface area (Å²) in [6, 6.07) is 24.1. The summed E-state index contributed by atoms with van der Waals surface area (Å²) in [6.07, 6.45) is 1.80. The van der Waals surface area contributed by atoms with Crippen LogP contribution in [-0.2, 0) is 35.2 Å². The zero-order chi connectivity index (χ0) is 31.1. The first kappa shape index (κ1) is 30.4. The van der Waals surface area contributed by atoms with Crippen molar-refractivity contribution in [2.75, 3.05) is 42.0 Å². The smallest absolute Gasteiger partial charge is 0.188 e. The summed E-state index contributed by atoms with van der Waals surface area (Å²) >= 11 is 0. The highest BCUT2D eigenvalue weighted by atomic mass is 16.7. The van der Waals surface area contributed by atoms with E-state index in [-0.39, 0.29) is 13.6 Å². The number of fused-ring (bicyclic) bond motifs is 8. The van der Waals surface area contributed by atoms with Crippen molar-refractivity contribution in [1.82, 2.24) is 0 Å². The lowest BCUT2D eigenvalue weighted by molar-refractivity contribution is 0.0497. The summed E-state index contributed by atoms with van der Waals surface area (Å²) in [5, 5.41) is 20.0. The molecule has 0 spiro atoms. The van der Waals surface area contributed by atoms with Crippen LogP contribution in [0.25, 0.3) is 0 Å². The van der Waals surface area contributed by atoms with Crippen LogP contribution in [0.2, 0.25) is 0 Å². The summed E-state index contributed by atoms with van der Waals surface area (Å²) in [5.74, 6) is 2.76. The van der Waals surface area contributed by atoms with E-state index < -0.39 is 0 Å². The van der Waals surface area contributed by atoms with Gasteiger partial charge in [-0.2, -0.15) is 10.5 Å². The van der Waals surface area contributed by atoms with Crippen molar-refractivity contribution >= 4 is 0 Å². The van der Waals surface area contributed by atoms with Crippen molar-refractivity contribution in [2.24, 2.45) is 0 Å². The summed E-state index contributed by atoms with van der Waals surface area (Å²) in [5.41, 5.74) is 8.13. The molecule has 0 radical (unpaired) electrons. The molecular formula is C36H34N2O6. The van der Waals surface area contributed by atoms with Crippen LogP contribution in [0.5, 0.6) is 23.0 Å². The van der Waals surface area contributed by atoms with Crippen LogP contribution in [0.1, 0.15) is 55.6 Å².